The minimum absolute atomic E-state index is 0.289. The second-order valence-electron chi connectivity index (χ2n) is 5.28. The van der Waals surface area contributed by atoms with E-state index in [0.717, 1.165) is 11.1 Å². The van der Waals surface area contributed by atoms with Crippen LogP contribution < -0.4 is 0 Å². The number of aromatic nitrogens is 5. The van der Waals surface area contributed by atoms with Gasteiger partial charge in [-0.05, 0) is 42.0 Å². The Hall–Kier alpha value is -3.22. The molecule has 5 nitrogen and oxygen atoms in total. The summed E-state index contributed by atoms with van der Waals surface area (Å²) >= 11 is 0. The third-order valence-electron chi connectivity index (χ3n) is 3.61. The molecule has 0 atom stereocenters. The molecule has 0 fully saturated rings. The highest BCUT2D eigenvalue weighted by molar-refractivity contribution is 5.58. The average Bonchev–Trinajstić information content (AvgIpc) is 3.00. The van der Waals surface area contributed by atoms with Crippen molar-refractivity contribution in [2.75, 3.05) is 0 Å². The lowest BCUT2D eigenvalue weighted by Crippen LogP contribution is -2.03. The van der Waals surface area contributed by atoms with Gasteiger partial charge in [-0.3, -0.25) is 0 Å². The van der Waals surface area contributed by atoms with Crippen molar-refractivity contribution >= 4 is 5.78 Å². The van der Waals surface area contributed by atoms with Gasteiger partial charge in [-0.1, -0.05) is 12.1 Å². The topological polar surface area (TPSA) is 56.0 Å². The Labute approximate surface area is 135 Å². The summed E-state index contributed by atoms with van der Waals surface area (Å²) in [5.74, 6) is 0.364. The van der Waals surface area contributed by atoms with E-state index in [9.17, 15) is 8.78 Å². The van der Waals surface area contributed by atoms with Gasteiger partial charge in [-0.15, -0.1) is 10.2 Å². The fourth-order valence-corrected chi connectivity index (χ4v) is 2.39. The quantitative estimate of drug-likeness (QED) is 0.581. The van der Waals surface area contributed by atoms with Crippen LogP contribution in [-0.4, -0.2) is 24.8 Å². The molecule has 0 bridgehead atoms. The Morgan fingerprint density at radius 1 is 0.833 bits per heavy atom. The van der Waals surface area contributed by atoms with Crippen LogP contribution in [0.4, 0.5) is 8.78 Å². The van der Waals surface area contributed by atoms with Gasteiger partial charge in [0.25, 0.3) is 5.78 Å². The monoisotopic (exact) mass is 323 g/mol. The molecule has 0 saturated carbocycles. The van der Waals surface area contributed by atoms with Crippen LogP contribution in [0.25, 0.3) is 17.0 Å². The normalized spacial score (nSPS) is 11.1. The molecule has 2 heterocycles. The fraction of sp³-hybridized carbons (Fsp3) is 0.0588. The molecule has 0 amide bonds. The van der Waals surface area contributed by atoms with Crippen molar-refractivity contribution in [1.29, 1.82) is 0 Å². The maximum atomic E-state index is 13.1. The van der Waals surface area contributed by atoms with Gasteiger partial charge >= 0.3 is 0 Å². The zero-order valence-corrected chi connectivity index (χ0v) is 12.4. The summed E-state index contributed by atoms with van der Waals surface area (Å²) in [7, 11) is 0. The lowest BCUT2D eigenvalue weighted by Gasteiger charge is -2.03. The molecule has 0 N–H and O–H groups in total. The van der Waals surface area contributed by atoms with Crippen molar-refractivity contribution < 1.29 is 8.78 Å². The molecule has 0 aliphatic rings. The van der Waals surface area contributed by atoms with Crippen molar-refractivity contribution in [3.63, 3.8) is 0 Å². The predicted molar refractivity (Wildman–Crippen MR) is 83.2 cm³/mol. The zero-order chi connectivity index (χ0) is 16.5. The van der Waals surface area contributed by atoms with E-state index in [0.29, 0.717) is 23.7 Å². The first-order valence-corrected chi connectivity index (χ1v) is 7.27. The Morgan fingerprint density at radius 3 is 2.21 bits per heavy atom. The van der Waals surface area contributed by atoms with E-state index in [1.54, 1.807) is 35.0 Å². The maximum Gasteiger partial charge on any atom is 0.271 e. The predicted octanol–water partition coefficient (Wildman–Crippen LogP) is 3.06. The Kier molecular flexibility index (Phi) is 3.45. The summed E-state index contributed by atoms with van der Waals surface area (Å²) in [6.07, 6.45) is 2.02. The highest BCUT2D eigenvalue weighted by atomic mass is 19.1. The van der Waals surface area contributed by atoms with Gasteiger partial charge in [0.15, 0.2) is 5.82 Å². The molecule has 0 spiro atoms. The number of benzene rings is 2. The molecule has 4 aromatic rings. The number of hydrogen-bond donors (Lipinski definition) is 0. The van der Waals surface area contributed by atoms with Gasteiger partial charge in [0.1, 0.15) is 17.3 Å². The summed E-state index contributed by atoms with van der Waals surface area (Å²) in [5.41, 5.74) is 2.22. The van der Waals surface area contributed by atoms with E-state index in [1.165, 1.54) is 24.3 Å². The van der Waals surface area contributed by atoms with E-state index in [4.69, 9.17) is 0 Å². The molecule has 0 radical (unpaired) electrons. The lowest BCUT2D eigenvalue weighted by molar-refractivity contribution is 0.627. The molecule has 0 saturated heterocycles. The first-order chi connectivity index (χ1) is 11.7. The summed E-state index contributed by atoms with van der Waals surface area (Å²) in [4.78, 5) is 4.23. The molecule has 24 heavy (non-hydrogen) atoms. The Morgan fingerprint density at radius 2 is 1.50 bits per heavy atom. The van der Waals surface area contributed by atoms with Gasteiger partial charge < -0.3 is 0 Å². The highest BCUT2D eigenvalue weighted by Crippen LogP contribution is 2.17. The summed E-state index contributed by atoms with van der Waals surface area (Å²) in [6, 6.07) is 12.2. The Bertz CT molecular complexity index is 994. The molecular formula is C17H11F2N5. The van der Waals surface area contributed by atoms with Crippen LogP contribution in [0.2, 0.25) is 0 Å². The number of rotatable bonds is 3. The molecule has 0 unspecified atom stereocenters. The SMILES string of the molecule is Fc1ccc(Cc2nnc3ncc(-c4ccc(F)cc4)nn23)cc1. The number of halogens is 2. The third kappa shape index (κ3) is 2.71. The Balaban J connectivity index is 1.73. The van der Waals surface area contributed by atoms with E-state index < -0.39 is 0 Å². The van der Waals surface area contributed by atoms with E-state index >= 15 is 0 Å². The van der Waals surface area contributed by atoms with Crippen LogP contribution in [-0.2, 0) is 6.42 Å². The van der Waals surface area contributed by atoms with Gasteiger partial charge in [-0.25, -0.2) is 13.8 Å². The molecule has 0 aliphatic carbocycles. The summed E-state index contributed by atoms with van der Waals surface area (Å²) < 4.78 is 27.6. The van der Waals surface area contributed by atoms with E-state index in [-0.39, 0.29) is 11.6 Å². The number of fused-ring (bicyclic) bond motifs is 1. The minimum atomic E-state index is -0.311. The van der Waals surface area contributed by atoms with Gasteiger partial charge in [-0.2, -0.15) is 9.61 Å². The first kappa shape index (κ1) is 14.4. The van der Waals surface area contributed by atoms with Crippen LogP contribution >= 0.6 is 0 Å². The fourth-order valence-electron chi connectivity index (χ4n) is 2.39. The van der Waals surface area contributed by atoms with Crippen LogP contribution in [0.15, 0.2) is 54.7 Å². The van der Waals surface area contributed by atoms with Crippen LogP contribution in [0, 0.1) is 11.6 Å². The highest BCUT2D eigenvalue weighted by Gasteiger charge is 2.11. The number of nitrogens with zero attached hydrogens (tertiary/aromatic N) is 5. The van der Waals surface area contributed by atoms with Crippen molar-refractivity contribution in [3.05, 3.63) is 77.8 Å². The third-order valence-corrected chi connectivity index (χ3v) is 3.61. The van der Waals surface area contributed by atoms with Gasteiger partial charge in [0.2, 0.25) is 0 Å². The van der Waals surface area contributed by atoms with Gasteiger partial charge in [0, 0.05) is 12.0 Å². The molecule has 7 heteroatoms. The minimum Gasteiger partial charge on any atom is -0.216 e. The van der Waals surface area contributed by atoms with Crippen LogP contribution in [0.1, 0.15) is 11.4 Å². The molecular weight excluding hydrogens is 312 g/mol. The summed E-state index contributed by atoms with van der Waals surface area (Å²) in [5, 5.41) is 12.6. The summed E-state index contributed by atoms with van der Waals surface area (Å²) in [6.45, 7) is 0. The van der Waals surface area contributed by atoms with E-state index in [1.807, 2.05) is 0 Å². The molecule has 2 aromatic carbocycles. The van der Waals surface area contributed by atoms with Crippen LogP contribution in [0.3, 0.4) is 0 Å². The second kappa shape index (κ2) is 5.77. The number of hydrogen-bond acceptors (Lipinski definition) is 4. The smallest absolute Gasteiger partial charge is 0.216 e. The van der Waals surface area contributed by atoms with E-state index in [2.05, 4.69) is 20.3 Å². The van der Waals surface area contributed by atoms with Crippen molar-refractivity contribution in [3.8, 4) is 11.3 Å². The van der Waals surface area contributed by atoms with Crippen molar-refractivity contribution in [2.45, 2.75) is 6.42 Å². The average molecular weight is 323 g/mol. The molecule has 0 aliphatic heterocycles. The van der Waals surface area contributed by atoms with Gasteiger partial charge in [0.05, 0.1) is 6.20 Å². The largest absolute Gasteiger partial charge is 0.271 e. The van der Waals surface area contributed by atoms with Crippen LogP contribution in [0.5, 0.6) is 0 Å². The lowest BCUT2D eigenvalue weighted by atomic mass is 10.1. The maximum absolute atomic E-state index is 13.1. The second-order valence-corrected chi connectivity index (χ2v) is 5.28. The zero-order valence-electron chi connectivity index (χ0n) is 12.4. The molecule has 2 aromatic heterocycles. The molecule has 4 rings (SSSR count). The first-order valence-electron chi connectivity index (χ1n) is 7.27. The molecule has 118 valence electrons. The van der Waals surface area contributed by atoms with Crippen molar-refractivity contribution in [1.82, 2.24) is 24.8 Å². The standard InChI is InChI=1S/C17H11F2N5/c18-13-5-1-11(2-6-13)9-16-21-22-17-20-10-15(23-24(16)17)12-3-7-14(19)8-4-12/h1-8,10H,9H2. The van der Waals surface area contributed by atoms with Crippen molar-refractivity contribution in [2.24, 2.45) is 0 Å².